The maximum atomic E-state index is 12.1. The third-order valence-corrected chi connectivity index (χ3v) is 1.53. The van der Waals surface area contributed by atoms with Crippen molar-refractivity contribution in [2.24, 2.45) is 5.84 Å². The van der Waals surface area contributed by atoms with E-state index < -0.39 is 28.2 Å². The highest BCUT2D eigenvalue weighted by Crippen LogP contribution is 2.32. The second-order valence-electron chi connectivity index (χ2n) is 2.49. The molecule has 0 atom stereocenters. The molecule has 0 radical (unpaired) electrons. The van der Waals surface area contributed by atoms with Crippen LogP contribution in [0.1, 0.15) is 5.69 Å². The maximum Gasteiger partial charge on any atom is 0.433 e. The fourth-order valence-electron chi connectivity index (χ4n) is 0.864. The van der Waals surface area contributed by atoms with Crippen molar-refractivity contribution >= 4 is 11.4 Å². The molecule has 82 valence electrons. The van der Waals surface area contributed by atoms with E-state index in [9.17, 15) is 23.3 Å². The van der Waals surface area contributed by atoms with Gasteiger partial charge >= 0.3 is 11.9 Å². The molecule has 3 N–H and O–H groups in total. The number of nitrogens with two attached hydrogens (primary N) is 1. The number of nitrogens with one attached hydrogen (secondary N) is 1. The summed E-state index contributed by atoms with van der Waals surface area (Å²) < 4.78 is 36.4. The highest BCUT2D eigenvalue weighted by Gasteiger charge is 2.34. The van der Waals surface area contributed by atoms with E-state index in [4.69, 9.17) is 5.84 Å². The Balaban J connectivity index is 3.25. The third-order valence-electron chi connectivity index (χ3n) is 1.53. The lowest BCUT2D eigenvalue weighted by atomic mass is 10.3. The molecule has 1 aromatic rings. The smallest absolute Gasteiger partial charge is 0.318 e. The lowest BCUT2D eigenvalue weighted by Gasteiger charge is -2.07. The van der Waals surface area contributed by atoms with E-state index in [1.807, 2.05) is 5.43 Å². The number of anilines is 1. The fraction of sp³-hybridized carbons (Fsp3) is 0.167. The molecule has 1 heterocycles. The molecule has 0 amide bonds. The minimum atomic E-state index is -4.67. The summed E-state index contributed by atoms with van der Waals surface area (Å²) in [6.45, 7) is 0. The van der Waals surface area contributed by atoms with E-state index in [0.717, 1.165) is 0 Å². The zero-order valence-electron chi connectivity index (χ0n) is 7.08. The van der Waals surface area contributed by atoms with E-state index in [2.05, 4.69) is 4.98 Å². The quantitative estimate of drug-likeness (QED) is 0.446. The van der Waals surface area contributed by atoms with E-state index in [1.54, 1.807) is 0 Å². The Morgan fingerprint density at radius 2 is 2.13 bits per heavy atom. The van der Waals surface area contributed by atoms with Crippen molar-refractivity contribution in [2.75, 3.05) is 5.43 Å². The molecule has 0 aliphatic carbocycles. The van der Waals surface area contributed by atoms with E-state index in [1.165, 1.54) is 0 Å². The molecule has 15 heavy (non-hydrogen) atoms. The lowest BCUT2D eigenvalue weighted by molar-refractivity contribution is -0.384. The normalized spacial score (nSPS) is 11.2. The van der Waals surface area contributed by atoms with Gasteiger partial charge in [0, 0.05) is 6.07 Å². The van der Waals surface area contributed by atoms with Crippen LogP contribution in [0.5, 0.6) is 0 Å². The molecule has 0 saturated heterocycles. The molecule has 0 aromatic carbocycles. The van der Waals surface area contributed by atoms with Crippen molar-refractivity contribution in [2.45, 2.75) is 6.18 Å². The second-order valence-corrected chi connectivity index (χ2v) is 2.49. The highest BCUT2D eigenvalue weighted by atomic mass is 19.4. The third kappa shape index (κ3) is 2.31. The topological polar surface area (TPSA) is 94.1 Å². The molecular formula is C6H5F3N4O2. The standard InChI is InChI=1S/C6H5F3N4O2/c7-6(8,9)5-1-3(12-10)4(2-11-5)13(14)15/h1-2H,10H2,(H,11,12). The maximum absolute atomic E-state index is 12.1. The van der Waals surface area contributed by atoms with Crippen molar-refractivity contribution in [1.29, 1.82) is 0 Å². The van der Waals surface area contributed by atoms with Gasteiger partial charge in [-0.05, 0) is 0 Å². The average Bonchev–Trinajstić information content (AvgIpc) is 2.15. The number of hydrogen-bond acceptors (Lipinski definition) is 5. The van der Waals surface area contributed by atoms with Crippen molar-refractivity contribution in [1.82, 2.24) is 4.98 Å². The summed E-state index contributed by atoms with van der Waals surface area (Å²) in [4.78, 5) is 12.4. The number of pyridine rings is 1. The van der Waals surface area contributed by atoms with Gasteiger partial charge in [0.2, 0.25) is 0 Å². The van der Waals surface area contributed by atoms with Crippen molar-refractivity contribution in [3.8, 4) is 0 Å². The summed E-state index contributed by atoms with van der Waals surface area (Å²) >= 11 is 0. The van der Waals surface area contributed by atoms with Crippen LogP contribution in [-0.2, 0) is 6.18 Å². The number of rotatable bonds is 2. The molecule has 1 aromatic heterocycles. The predicted molar refractivity (Wildman–Crippen MR) is 43.7 cm³/mol. The van der Waals surface area contributed by atoms with Crippen LogP contribution in [0.25, 0.3) is 0 Å². The molecule has 9 heteroatoms. The first-order valence-corrected chi connectivity index (χ1v) is 3.54. The first-order chi connectivity index (χ1) is 6.86. The summed E-state index contributed by atoms with van der Waals surface area (Å²) in [5, 5.41) is 10.3. The number of aromatic nitrogens is 1. The van der Waals surface area contributed by atoms with Crippen molar-refractivity contribution < 1.29 is 18.1 Å². The molecular weight excluding hydrogens is 217 g/mol. The fourth-order valence-corrected chi connectivity index (χ4v) is 0.864. The first-order valence-electron chi connectivity index (χ1n) is 3.54. The SMILES string of the molecule is NNc1cc(C(F)(F)F)ncc1[N+](=O)[O-]. The van der Waals surface area contributed by atoms with Gasteiger partial charge in [-0.2, -0.15) is 13.2 Å². The van der Waals surface area contributed by atoms with Gasteiger partial charge in [0.1, 0.15) is 17.6 Å². The van der Waals surface area contributed by atoms with E-state index in [-0.39, 0.29) is 0 Å². The van der Waals surface area contributed by atoms with Crippen LogP contribution in [0.3, 0.4) is 0 Å². The summed E-state index contributed by atoms with van der Waals surface area (Å²) in [5.41, 5.74) is -0.503. The van der Waals surface area contributed by atoms with Crippen LogP contribution in [0.2, 0.25) is 0 Å². The molecule has 0 saturated carbocycles. The highest BCUT2D eigenvalue weighted by molar-refractivity contribution is 5.60. The number of hydrazine groups is 1. The lowest BCUT2D eigenvalue weighted by Crippen LogP contribution is -2.13. The van der Waals surface area contributed by atoms with Gasteiger partial charge in [0.05, 0.1) is 4.92 Å². The van der Waals surface area contributed by atoms with Crippen LogP contribution in [0.15, 0.2) is 12.3 Å². The van der Waals surface area contributed by atoms with Gasteiger partial charge < -0.3 is 5.43 Å². The van der Waals surface area contributed by atoms with Crippen molar-refractivity contribution in [3.05, 3.63) is 28.1 Å². The summed E-state index contributed by atoms with van der Waals surface area (Å²) in [5.74, 6) is 4.85. The second kappa shape index (κ2) is 3.69. The largest absolute Gasteiger partial charge is 0.433 e. The minimum absolute atomic E-state index is 0.442. The van der Waals surface area contributed by atoms with Gasteiger partial charge in [0.25, 0.3) is 0 Å². The van der Waals surface area contributed by atoms with Gasteiger partial charge in [-0.1, -0.05) is 0 Å². The van der Waals surface area contributed by atoms with E-state index in [0.29, 0.717) is 12.3 Å². The molecule has 6 nitrogen and oxygen atoms in total. The van der Waals surface area contributed by atoms with Gasteiger partial charge in [-0.25, -0.2) is 4.98 Å². The summed E-state index contributed by atoms with van der Waals surface area (Å²) in [6, 6.07) is 0.470. The van der Waals surface area contributed by atoms with Crippen LogP contribution < -0.4 is 11.3 Å². The molecule has 0 aliphatic heterocycles. The van der Waals surface area contributed by atoms with Gasteiger partial charge in [-0.3, -0.25) is 16.0 Å². The number of nitrogen functional groups attached to an aromatic ring is 1. The van der Waals surface area contributed by atoms with Crippen LogP contribution in [0.4, 0.5) is 24.5 Å². The van der Waals surface area contributed by atoms with Crippen LogP contribution in [-0.4, -0.2) is 9.91 Å². The zero-order valence-corrected chi connectivity index (χ0v) is 7.08. The van der Waals surface area contributed by atoms with Crippen molar-refractivity contribution in [3.63, 3.8) is 0 Å². The molecule has 0 unspecified atom stereocenters. The zero-order chi connectivity index (χ0) is 11.6. The van der Waals surface area contributed by atoms with Gasteiger partial charge in [0.15, 0.2) is 0 Å². The Bertz CT molecular complexity index is 392. The summed E-state index contributed by atoms with van der Waals surface area (Å²) in [6.07, 6.45) is -4.17. The average molecular weight is 222 g/mol. The van der Waals surface area contributed by atoms with E-state index >= 15 is 0 Å². The molecule has 0 spiro atoms. The number of alkyl halides is 3. The van der Waals surface area contributed by atoms with Crippen LogP contribution in [0, 0.1) is 10.1 Å². The molecule has 0 aliphatic rings. The Morgan fingerprint density at radius 3 is 2.53 bits per heavy atom. The van der Waals surface area contributed by atoms with Crippen LogP contribution >= 0.6 is 0 Å². The Morgan fingerprint density at radius 1 is 1.53 bits per heavy atom. The number of hydrogen-bond donors (Lipinski definition) is 2. The monoisotopic (exact) mass is 222 g/mol. The Kier molecular flexibility index (Phi) is 2.75. The Hall–Kier alpha value is -1.90. The first kappa shape index (κ1) is 11.2. The number of nitro groups is 1. The predicted octanol–water partition coefficient (Wildman–Crippen LogP) is 1.29. The molecule has 0 bridgehead atoms. The Labute approximate surface area is 81.0 Å². The minimum Gasteiger partial charge on any atom is -0.318 e. The molecule has 0 fully saturated rings. The summed E-state index contributed by atoms with van der Waals surface area (Å²) in [7, 11) is 0. The molecule has 1 rings (SSSR count). The van der Waals surface area contributed by atoms with Gasteiger partial charge in [-0.15, -0.1) is 0 Å². The number of halogens is 3. The number of nitrogens with zero attached hydrogens (tertiary/aromatic N) is 2.